The Kier molecular flexibility index (Phi) is 7.84. The van der Waals surface area contributed by atoms with Crippen LogP contribution in [0.4, 0.5) is 24.5 Å². The number of hydrogen-bond acceptors (Lipinski definition) is 7. The zero-order chi connectivity index (χ0) is 22.3. The minimum atomic E-state index is -4.55. The lowest BCUT2D eigenvalue weighted by atomic mass is 10.2. The molecular weight excluding hydrogens is 433 g/mol. The molecule has 2 aromatic rings. The molecule has 0 aliphatic rings. The van der Waals surface area contributed by atoms with Crippen LogP contribution in [0.2, 0.25) is 5.02 Å². The molecule has 0 saturated carbocycles. The van der Waals surface area contributed by atoms with E-state index in [9.17, 15) is 28.1 Å². The molecule has 0 bridgehead atoms. The zero-order valence-corrected chi connectivity index (χ0v) is 16.2. The van der Waals surface area contributed by atoms with E-state index in [0.717, 1.165) is 18.2 Å². The number of methoxy groups -OCH3 is 1. The molecule has 1 N–H and O–H groups in total. The molecule has 30 heavy (non-hydrogen) atoms. The van der Waals surface area contributed by atoms with Crippen molar-refractivity contribution in [3.05, 3.63) is 57.1 Å². The molecule has 0 fully saturated rings. The van der Waals surface area contributed by atoms with Gasteiger partial charge in [-0.2, -0.15) is 13.2 Å². The quantitative estimate of drug-likeness (QED) is 0.258. The highest BCUT2D eigenvalue weighted by molar-refractivity contribution is 6.32. The van der Waals surface area contributed by atoms with Crippen LogP contribution in [0.15, 0.2) is 36.4 Å². The number of hydrogen-bond donors (Lipinski definition) is 1. The molecule has 162 valence electrons. The standard InChI is InChI=1S/C18H16ClF3N2O6/c1-28-17(25)10-29-7-6-23-14-9-12(3-4-15(14)24(26)27)30-16-5-2-11(8-13(16)19)18(20,21)22/h2-5,8-9,23H,6-7,10H2,1H3. The van der Waals surface area contributed by atoms with Crippen molar-refractivity contribution < 1.29 is 37.1 Å². The summed E-state index contributed by atoms with van der Waals surface area (Å²) in [6.07, 6.45) is -4.55. The van der Waals surface area contributed by atoms with Crippen molar-refractivity contribution in [2.24, 2.45) is 0 Å². The summed E-state index contributed by atoms with van der Waals surface area (Å²) >= 11 is 5.86. The summed E-state index contributed by atoms with van der Waals surface area (Å²) in [6, 6.07) is 6.34. The molecule has 0 radical (unpaired) electrons. The van der Waals surface area contributed by atoms with Crippen LogP contribution >= 0.6 is 11.6 Å². The van der Waals surface area contributed by atoms with Gasteiger partial charge in [0.25, 0.3) is 5.69 Å². The van der Waals surface area contributed by atoms with Crippen molar-refractivity contribution in [1.29, 1.82) is 0 Å². The van der Waals surface area contributed by atoms with E-state index < -0.39 is 22.6 Å². The Labute approximate surface area is 173 Å². The van der Waals surface area contributed by atoms with Gasteiger partial charge in [0.2, 0.25) is 0 Å². The number of carbonyl (C=O) groups is 1. The summed E-state index contributed by atoms with van der Waals surface area (Å²) in [5, 5.41) is 13.7. The first-order valence-electron chi connectivity index (χ1n) is 8.33. The van der Waals surface area contributed by atoms with Gasteiger partial charge in [-0.25, -0.2) is 4.79 Å². The predicted molar refractivity (Wildman–Crippen MR) is 101 cm³/mol. The summed E-state index contributed by atoms with van der Waals surface area (Å²) < 4.78 is 53.1. The first-order valence-corrected chi connectivity index (χ1v) is 8.71. The monoisotopic (exact) mass is 448 g/mol. The van der Waals surface area contributed by atoms with Crippen molar-refractivity contribution in [2.75, 3.05) is 32.2 Å². The van der Waals surface area contributed by atoms with E-state index in [1.54, 1.807) is 0 Å². The fraction of sp³-hybridized carbons (Fsp3) is 0.278. The minimum absolute atomic E-state index is 0.0501. The lowest BCUT2D eigenvalue weighted by Gasteiger charge is -2.13. The van der Waals surface area contributed by atoms with Gasteiger partial charge in [0, 0.05) is 18.7 Å². The predicted octanol–water partition coefficient (Wildman–Crippen LogP) is 4.66. The fourth-order valence-electron chi connectivity index (χ4n) is 2.24. The number of ether oxygens (including phenoxy) is 3. The number of nitrogens with one attached hydrogen (secondary N) is 1. The number of anilines is 1. The molecule has 2 aromatic carbocycles. The zero-order valence-electron chi connectivity index (χ0n) is 15.5. The molecule has 0 heterocycles. The summed E-state index contributed by atoms with van der Waals surface area (Å²) in [5.74, 6) is -0.504. The molecule has 0 unspecified atom stereocenters. The highest BCUT2D eigenvalue weighted by Crippen LogP contribution is 2.37. The number of nitrogens with zero attached hydrogens (tertiary/aromatic N) is 1. The second-order valence-corrected chi connectivity index (χ2v) is 6.14. The van der Waals surface area contributed by atoms with Crippen molar-refractivity contribution in [3.63, 3.8) is 0 Å². The highest BCUT2D eigenvalue weighted by atomic mass is 35.5. The molecule has 2 rings (SSSR count). The van der Waals surface area contributed by atoms with Crippen LogP contribution in [0.3, 0.4) is 0 Å². The first kappa shape index (κ1) is 23.2. The van der Waals surface area contributed by atoms with Gasteiger partial charge in [-0.1, -0.05) is 11.6 Å². The summed E-state index contributed by atoms with van der Waals surface area (Å²) in [4.78, 5) is 21.5. The number of halogens is 4. The van der Waals surface area contributed by atoms with Crippen molar-refractivity contribution >= 4 is 28.9 Å². The number of nitro benzene ring substituents is 1. The number of nitro groups is 1. The first-order chi connectivity index (χ1) is 14.1. The van der Waals surface area contributed by atoms with Crippen LogP contribution in [-0.4, -0.2) is 37.8 Å². The molecule has 0 spiro atoms. The Bertz CT molecular complexity index is 923. The van der Waals surface area contributed by atoms with Gasteiger partial charge in [0.15, 0.2) is 0 Å². The third-order valence-electron chi connectivity index (χ3n) is 3.66. The second-order valence-electron chi connectivity index (χ2n) is 5.74. The van der Waals surface area contributed by atoms with E-state index in [-0.39, 0.29) is 47.7 Å². The van der Waals surface area contributed by atoms with Crippen molar-refractivity contribution in [2.45, 2.75) is 6.18 Å². The molecule has 0 saturated heterocycles. The summed E-state index contributed by atoms with van der Waals surface area (Å²) in [6.45, 7) is -0.0831. The largest absolute Gasteiger partial charge is 0.467 e. The van der Waals surface area contributed by atoms with Gasteiger partial charge in [-0.05, 0) is 24.3 Å². The normalized spacial score (nSPS) is 11.1. The lowest BCUT2D eigenvalue weighted by Crippen LogP contribution is -2.16. The Morgan fingerprint density at radius 1 is 1.23 bits per heavy atom. The Balaban J connectivity index is 2.11. The van der Waals surface area contributed by atoms with Crippen molar-refractivity contribution in [3.8, 4) is 11.5 Å². The molecule has 0 atom stereocenters. The SMILES string of the molecule is COC(=O)COCCNc1cc(Oc2ccc(C(F)(F)F)cc2Cl)ccc1[N+](=O)[O-]. The van der Waals surface area contributed by atoms with E-state index in [0.29, 0.717) is 0 Å². The Morgan fingerprint density at radius 3 is 2.57 bits per heavy atom. The lowest BCUT2D eigenvalue weighted by molar-refractivity contribution is -0.384. The van der Waals surface area contributed by atoms with Crippen LogP contribution in [0, 0.1) is 10.1 Å². The number of esters is 1. The molecule has 0 aromatic heterocycles. The Hall–Kier alpha value is -3.05. The topological polar surface area (TPSA) is 99.9 Å². The van der Waals surface area contributed by atoms with E-state index in [2.05, 4.69) is 10.1 Å². The number of rotatable bonds is 9. The maximum Gasteiger partial charge on any atom is 0.416 e. The van der Waals surface area contributed by atoms with Gasteiger partial charge in [0.1, 0.15) is 23.8 Å². The smallest absolute Gasteiger partial charge is 0.416 e. The van der Waals surface area contributed by atoms with Gasteiger partial charge >= 0.3 is 12.1 Å². The molecule has 8 nitrogen and oxygen atoms in total. The second kappa shape index (κ2) is 10.1. The maximum absolute atomic E-state index is 12.7. The summed E-state index contributed by atoms with van der Waals surface area (Å²) in [5.41, 5.74) is -1.10. The number of alkyl halides is 3. The Morgan fingerprint density at radius 2 is 1.97 bits per heavy atom. The number of carbonyl (C=O) groups excluding carboxylic acids is 1. The van der Waals surface area contributed by atoms with Crippen LogP contribution < -0.4 is 10.1 Å². The van der Waals surface area contributed by atoms with Crippen LogP contribution in [-0.2, 0) is 20.4 Å². The van der Waals surface area contributed by atoms with E-state index in [1.165, 1.54) is 25.3 Å². The molecular formula is C18H16ClF3N2O6. The maximum atomic E-state index is 12.7. The van der Waals surface area contributed by atoms with E-state index >= 15 is 0 Å². The van der Waals surface area contributed by atoms with Gasteiger partial charge in [-0.15, -0.1) is 0 Å². The third-order valence-corrected chi connectivity index (χ3v) is 3.96. The molecule has 12 heteroatoms. The van der Waals surface area contributed by atoms with Crippen molar-refractivity contribution in [1.82, 2.24) is 0 Å². The van der Waals surface area contributed by atoms with Crippen LogP contribution in [0.1, 0.15) is 5.56 Å². The molecule has 0 aliphatic heterocycles. The van der Waals surface area contributed by atoms with Gasteiger partial charge < -0.3 is 19.5 Å². The van der Waals surface area contributed by atoms with Crippen LogP contribution in [0.25, 0.3) is 0 Å². The molecule has 0 amide bonds. The average molecular weight is 449 g/mol. The van der Waals surface area contributed by atoms with E-state index in [1.807, 2.05) is 0 Å². The number of benzene rings is 2. The highest BCUT2D eigenvalue weighted by Gasteiger charge is 2.31. The van der Waals surface area contributed by atoms with Gasteiger partial charge in [-0.3, -0.25) is 10.1 Å². The average Bonchev–Trinajstić information content (AvgIpc) is 2.68. The summed E-state index contributed by atoms with van der Waals surface area (Å²) in [7, 11) is 1.21. The van der Waals surface area contributed by atoms with Gasteiger partial charge in [0.05, 0.1) is 29.2 Å². The third kappa shape index (κ3) is 6.49. The molecule has 0 aliphatic carbocycles. The van der Waals surface area contributed by atoms with Crippen LogP contribution in [0.5, 0.6) is 11.5 Å². The fourth-order valence-corrected chi connectivity index (χ4v) is 2.46. The van der Waals surface area contributed by atoms with E-state index in [4.69, 9.17) is 21.1 Å². The minimum Gasteiger partial charge on any atom is -0.467 e.